The lowest BCUT2D eigenvalue weighted by Gasteiger charge is -2.13. The molecule has 0 amide bonds. The van der Waals surface area contributed by atoms with Crippen LogP contribution in [-0.4, -0.2) is 6.54 Å². The van der Waals surface area contributed by atoms with Crippen LogP contribution in [0.3, 0.4) is 0 Å². The molecule has 3 N–H and O–H groups in total. The molecular weight excluding hydrogens is 347 g/mol. The fourth-order valence-electron chi connectivity index (χ4n) is 3.50. The Morgan fingerprint density at radius 3 is 2.07 bits per heavy atom. The van der Waals surface area contributed by atoms with Crippen molar-refractivity contribution in [2.45, 2.75) is 77.2 Å². The third-order valence-corrected chi connectivity index (χ3v) is 5.36. The Balaban J connectivity index is 1.58. The van der Waals surface area contributed by atoms with Gasteiger partial charge < -0.3 is 11.1 Å². The van der Waals surface area contributed by atoms with Crippen LogP contribution in [-0.2, 0) is 6.42 Å². The second-order valence-electron chi connectivity index (χ2n) is 7.80. The van der Waals surface area contributed by atoms with E-state index in [1.807, 2.05) is 0 Å². The lowest BCUT2D eigenvalue weighted by molar-refractivity contribution is 0.575. The standard InChI is InChI=1S/C25H37FN2/c1-2-3-4-5-6-7-8-9-10-21-11-17-24(18-12-21)28-20-19-25(27)22-13-15-23(26)16-14-22/h11-18,25,28H,2-10,19-20,27H2,1H3. The van der Waals surface area contributed by atoms with Gasteiger partial charge in [0, 0.05) is 18.3 Å². The summed E-state index contributed by atoms with van der Waals surface area (Å²) in [7, 11) is 0. The van der Waals surface area contributed by atoms with Gasteiger partial charge in [0.2, 0.25) is 0 Å². The van der Waals surface area contributed by atoms with E-state index in [9.17, 15) is 4.39 Å². The molecule has 2 aromatic carbocycles. The lowest BCUT2D eigenvalue weighted by Crippen LogP contribution is -2.15. The average molecular weight is 385 g/mol. The molecule has 0 fully saturated rings. The summed E-state index contributed by atoms with van der Waals surface area (Å²) in [4.78, 5) is 0. The first-order chi connectivity index (χ1) is 13.7. The number of rotatable bonds is 14. The molecule has 0 bridgehead atoms. The topological polar surface area (TPSA) is 38.0 Å². The molecule has 0 spiro atoms. The van der Waals surface area contributed by atoms with Crippen LogP contribution in [0.5, 0.6) is 0 Å². The van der Waals surface area contributed by atoms with E-state index in [0.29, 0.717) is 0 Å². The first-order valence-corrected chi connectivity index (χ1v) is 11.0. The summed E-state index contributed by atoms with van der Waals surface area (Å²) < 4.78 is 13.0. The number of nitrogens with one attached hydrogen (secondary N) is 1. The predicted octanol–water partition coefficient (Wildman–Crippen LogP) is 7.01. The van der Waals surface area contributed by atoms with Crippen molar-refractivity contribution < 1.29 is 4.39 Å². The van der Waals surface area contributed by atoms with E-state index in [1.165, 1.54) is 75.5 Å². The maximum Gasteiger partial charge on any atom is 0.123 e. The van der Waals surface area contributed by atoms with Crippen molar-refractivity contribution in [3.63, 3.8) is 0 Å². The van der Waals surface area contributed by atoms with E-state index in [-0.39, 0.29) is 11.9 Å². The first-order valence-electron chi connectivity index (χ1n) is 11.0. The minimum absolute atomic E-state index is 0.0747. The summed E-state index contributed by atoms with van der Waals surface area (Å²) >= 11 is 0. The van der Waals surface area contributed by atoms with Gasteiger partial charge in [0.25, 0.3) is 0 Å². The van der Waals surface area contributed by atoms with Gasteiger partial charge in [-0.05, 0) is 54.7 Å². The second-order valence-corrected chi connectivity index (χ2v) is 7.80. The van der Waals surface area contributed by atoms with Crippen LogP contribution in [0.15, 0.2) is 48.5 Å². The van der Waals surface area contributed by atoms with Crippen molar-refractivity contribution >= 4 is 5.69 Å². The maximum atomic E-state index is 13.0. The Morgan fingerprint density at radius 2 is 1.43 bits per heavy atom. The normalized spacial score (nSPS) is 12.1. The number of hydrogen-bond acceptors (Lipinski definition) is 2. The second kappa shape index (κ2) is 13.3. The lowest BCUT2D eigenvalue weighted by atomic mass is 10.0. The molecule has 0 saturated heterocycles. The van der Waals surface area contributed by atoms with Gasteiger partial charge in [0.1, 0.15) is 5.82 Å². The number of aryl methyl sites for hydroxylation is 1. The van der Waals surface area contributed by atoms with Crippen LogP contribution in [0.25, 0.3) is 0 Å². The zero-order valence-corrected chi connectivity index (χ0v) is 17.4. The largest absolute Gasteiger partial charge is 0.385 e. The summed E-state index contributed by atoms with van der Waals surface area (Å²) in [5.41, 5.74) is 9.71. The molecule has 154 valence electrons. The van der Waals surface area contributed by atoms with Gasteiger partial charge in [0.05, 0.1) is 0 Å². The van der Waals surface area contributed by atoms with E-state index >= 15 is 0 Å². The molecule has 28 heavy (non-hydrogen) atoms. The van der Waals surface area contributed by atoms with Crippen molar-refractivity contribution in [2.24, 2.45) is 5.73 Å². The van der Waals surface area contributed by atoms with Crippen LogP contribution >= 0.6 is 0 Å². The number of nitrogens with two attached hydrogens (primary N) is 1. The number of anilines is 1. The Labute approximate surface area is 170 Å². The molecule has 2 nitrogen and oxygen atoms in total. The van der Waals surface area contributed by atoms with Crippen molar-refractivity contribution in [1.29, 1.82) is 0 Å². The average Bonchev–Trinajstić information content (AvgIpc) is 2.71. The molecule has 0 heterocycles. The van der Waals surface area contributed by atoms with Gasteiger partial charge in [0.15, 0.2) is 0 Å². The summed E-state index contributed by atoms with van der Waals surface area (Å²) in [5, 5.41) is 3.43. The molecule has 0 aromatic heterocycles. The Kier molecular flexibility index (Phi) is 10.7. The highest BCUT2D eigenvalue weighted by molar-refractivity contribution is 5.44. The number of unbranched alkanes of at least 4 members (excludes halogenated alkanes) is 7. The number of halogens is 1. The summed E-state index contributed by atoms with van der Waals surface area (Å²) in [5.74, 6) is -0.221. The fraction of sp³-hybridized carbons (Fsp3) is 0.520. The fourth-order valence-corrected chi connectivity index (χ4v) is 3.50. The first kappa shape index (κ1) is 22.4. The van der Waals surface area contributed by atoms with Crippen molar-refractivity contribution in [2.75, 3.05) is 11.9 Å². The van der Waals surface area contributed by atoms with E-state index in [2.05, 4.69) is 36.5 Å². The number of hydrogen-bond donors (Lipinski definition) is 2. The molecule has 0 saturated carbocycles. The summed E-state index contributed by atoms with van der Waals surface area (Å²) in [6, 6.07) is 15.1. The van der Waals surface area contributed by atoms with Crippen molar-refractivity contribution in [1.82, 2.24) is 0 Å². The summed E-state index contributed by atoms with van der Waals surface area (Å²) in [6.07, 6.45) is 12.9. The third kappa shape index (κ3) is 8.88. The smallest absolute Gasteiger partial charge is 0.123 e. The Morgan fingerprint density at radius 1 is 0.821 bits per heavy atom. The minimum Gasteiger partial charge on any atom is -0.385 e. The van der Waals surface area contributed by atoms with Crippen LogP contribution in [0.2, 0.25) is 0 Å². The van der Waals surface area contributed by atoms with Gasteiger partial charge >= 0.3 is 0 Å². The van der Waals surface area contributed by atoms with Gasteiger partial charge in [-0.2, -0.15) is 0 Å². The molecule has 2 rings (SSSR count). The van der Waals surface area contributed by atoms with Gasteiger partial charge in [-0.25, -0.2) is 4.39 Å². The predicted molar refractivity (Wildman–Crippen MR) is 119 cm³/mol. The molecule has 2 aromatic rings. The SMILES string of the molecule is CCCCCCCCCCc1ccc(NCCC(N)c2ccc(F)cc2)cc1. The molecule has 1 unspecified atom stereocenters. The molecular formula is C25H37FN2. The minimum atomic E-state index is -0.221. The van der Waals surface area contributed by atoms with E-state index in [4.69, 9.17) is 5.73 Å². The number of benzene rings is 2. The molecule has 0 aliphatic heterocycles. The monoisotopic (exact) mass is 384 g/mol. The zero-order chi connectivity index (χ0) is 20.0. The Bertz CT molecular complexity index is 637. The summed E-state index contributed by atoms with van der Waals surface area (Å²) in [6.45, 7) is 3.07. The Hall–Kier alpha value is -1.87. The molecule has 1 atom stereocenters. The molecule has 0 aliphatic carbocycles. The van der Waals surface area contributed by atoms with Crippen LogP contribution in [0, 0.1) is 5.82 Å². The quantitative estimate of drug-likeness (QED) is 0.344. The van der Waals surface area contributed by atoms with Crippen LogP contribution < -0.4 is 11.1 Å². The van der Waals surface area contributed by atoms with Gasteiger partial charge in [-0.1, -0.05) is 76.1 Å². The van der Waals surface area contributed by atoms with E-state index in [0.717, 1.165) is 24.2 Å². The van der Waals surface area contributed by atoms with Crippen molar-refractivity contribution in [3.05, 3.63) is 65.5 Å². The van der Waals surface area contributed by atoms with Crippen LogP contribution in [0.4, 0.5) is 10.1 Å². The van der Waals surface area contributed by atoms with Crippen molar-refractivity contribution in [3.8, 4) is 0 Å². The van der Waals surface area contributed by atoms with Gasteiger partial charge in [-0.3, -0.25) is 0 Å². The highest BCUT2D eigenvalue weighted by Crippen LogP contribution is 2.17. The highest BCUT2D eigenvalue weighted by Gasteiger charge is 2.05. The van der Waals surface area contributed by atoms with E-state index in [1.54, 1.807) is 12.1 Å². The zero-order valence-electron chi connectivity index (χ0n) is 17.4. The van der Waals surface area contributed by atoms with Gasteiger partial charge in [-0.15, -0.1) is 0 Å². The van der Waals surface area contributed by atoms with E-state index < -0.39 is 0 Å². The third-order valence-electron chi connectivity index (χ3n) is 5.36. The maximum absolute atomic E-state index is 13.0. The van der Waals surface area contributed by atoms with Crippen LogP contribution in [0.1, 0.15) is 81.9 Å². The highest BCUT2D eigenvalue weighted by atomic mass is 19.1. The molecule has 3 heteroatoms. The molecule has 0 aliphatic rings. The molecule has 0 radical (unpaired) electrons.